The van der Waals surface area contributed by atoms with Crippen molar-refractivity contribution in [3.63, 3.8) is 0 Å². The second-order valence-corrected chi connectivity index (χ2v) is 5.09. The van der Waals surface area contributed by atoms with E-state index < -0.39 is 17.2 Å². The molecule has 2 rings (SSSR count). The first-order valence-corrected chi connectivity index (χ1v) is 7.30. The highest BCUT2D eigenvalue weighted by Gasteiger charge is 2.10. The van der Waals surface area contributed by atoms with Gasteiger partial charge in [0.1, 0.15) is 11.5 Å². The summed E-state index contributed by atoms with van der Waals surface area (Å²) < 4.78 is 10.3. The van der Waals surface area contributed by atoms with Crippen LogP contribution >= 0.6 is 0 Å². The van der Waals surface area contributed by atoms with Crippen LogP contribution < -0.4 is 26.1 Å². The Morgan fingerprint density at radius 3 is 2.64 bits per heavy atom. The predicted octanol–water partition coefficient (Wildman–Crippen LogP) is 0.0816. The molecule has 0 spiro atoms. The Hall–Kier alpha value is -3.36. The average Bonchev–Trinajstić information content (AvgIpc) is 2.58. The lowest BCUT2D eigenvalue weighted by molar-refractivity contribution is -0.120. The van der Waals surface area contributed by atoms with Gasteiger partial charge in [0.2, 0.25) is 5.91 Å². The van der Waals surface area contributed by atoms with Crippen LogP contribution in [0, 0.1) is 6.92 Å². The first kappa shape index (κ1) is 18.0. The minimum absolute atomic E-state index is 0.175. The number of methoxy groups -OCH3 is 2. The zero-order chi connectivity index (χ0) is 18.4. The Morgan fingerprint density at radius 2 is 2.00 bits per heavy atom. The SMILES string of the molecule is COc1ccc(/C=N\NC(=O)Cc2c(C)[nH]c(=O)[nH]c2=O)c(OC)c1. The summed E-state index contributed by atoms with van der Waals surface area (Å²) in [6, 6.07) is 5.14. The van der Waals surface area contributed by atoms with Crippen LogP contribution in [0.4, 0.5) is 0 Å². The maximum atomic E-state index is 11.9. The van der Waals surface area contributed by atoms with E-state index >= 15 is 0 Å². The number of rotatable bonds is 6. The summed E-state index contributed by atoms with van der Waals surface area (Å²) in [4.78, 5) is 39.3. The largest absolute Gasteiger partial charge is 0.497 e. The van der Waals surface area contributed by atoms with E-state index in [4.69, 9.17) is 9.47 Å². The van der Waals surface area contributed by atoms with E-state index in [1.54, 1.807) is 32.2 Å². The van der Waals surface area contributed by atoms with Crippen molar-refractivity contribution in [2.45, 2.75) is 13.3 Å². The number of H-pyrrole nitrogens is 2. The van der Waals surface area contributed by atoms with Crippen molar-refractivity contribution in [1.82, 2.24) is 15.4 Å². The number of amides is 1. The number of nitrogens with zero attached hydrogens (tertiary/aromatic N) is 1. The van der Waals surface area contributed by atoms with Gasteiger partial charge in [-0.2, -0.15) is 5.10 Å². The molecule has 9 heteroatoms. The lowest BCUT2D eigenvalue weighted by Crippen LogP contribution is -2.30. The summed E-state index contributed by atoms with van der Waals surface area (Å²) in [5.74, 6) is 0.667. The molecule has 1 aromatic heterocycles. The summed E-state index contributed by atoms with van der Waals surface area (Å²) in [6.45, 7) is 1.55. The molecule has 2 aromatic rings. The normalized spacial score (nSPS) is 10.7. The number of carbonyl (C=O) groups excluding carboxylic acids is 1. The summed E-state index contributed by atoms with van der Waals surface area (Å²) in [7, 11) is 3.05. The van der Waals surface area contributed by atoms with Gasteiger partial charge >= 0.3 is 5.69 Å². The van der Waals surface area contributed by atoms with E-state index in [0.29, 0.717) is 22.8 Å². The number of hydrazone groups is 1. The Bertz CT molecular complexity index is 913. The van der Waals surface area contributed by atoms with Crippen LogP contribution in [0.15, 0.2) is 32.9 Å². The van der Waals surface area contributed by atoms with Crippen LogP contribution in [0.1, 0.15) is 16.8 Å². The molecule has 1 heterocycles. The Morgan fingerprint density at radius 1 is 1.24 bits per heavy atom. The fourth-order valence-corrected chi connectivity index (χ4v) is 2.14. The van der Waals surface area contributed by atoms with Crippen molar-refractivity contribution in [1.29, 1.82) is 0 Å². The van der Waals surface area contributed by atoms with E-state index in [2.05, 4.69) is 20.5 Å². The number of hydrogen-bond acceptors (Lipinski definition) is 6. The van der Waals surface area contributed by atoms with Gasteiger partial charge in [0.15, 0.2) is 0 Å². The molecule has 9 nitrogen and oxygen atoms in total. The van der Waals surface area contributed by atoms with Gasteiger partial charge in [0.25, 0.3) is 5.56 Å². The first-order chi connectivity index (χ1) is 11.9. The number of aromatic nitrogens is 2. The van der Waals surface area contributed by atoms with Gasteiger partial charge in [0.05, 0.1) is 26.9 Å². The minimum atomic E-state index is -0.615. The summed E-state index contributed by atoms with van der Waals surface area (Å²) in [5, 5.41) is 3.85. The zero-order valence-corrected chi connectivity index (χ0v) is 14.0. The maximum Gasteiger partial charge on any atom is 0.325 e. The molecule has 25 heavy (non-hydrogen) atoms. The van der Waals surface area contributed by atoms with E-state index in [9.17, 15) is 14.4 Å². The summed E-state index contributed by atoms with van der Waals surface area (Å²) in [6.07, 6.45) is 1.20. The molecule has 0 radical (unpaired) electrons. The molecular weight excluding hydrogens is 328 g/mol. The van der Waals surface area contributed by atoms with Gasteiger partial charge in [0, 0.05) is 22.9 Å². The molecule has 132 valence electrons. The highest BCUT2D eigenvalue weighted by atomic mass is 16.5. The topological polar surface area (TPSA) is 126 Å². The third-order valence-electron chi connectivity index (χ3n) is 3.43. The smallest absolute Gasteiger partial charge is 0.325 e. The molecule has 0 saturated heterocycles. The first-order valence-electron chi connectivity index (χ1n) is 7.30. The van der Waals surface area contributed by atoms with Crippen molar-refractivity contribution in [3.8, 4) is 11.5 Å². The molecule has 0 fully saturated rings. The molecule has 1 aromatic carbocycles. The lowest BCUT2D eigenvalue weighted by atomic mass is 10.1. The molecule has 0 aliphatic carbocycles. The summed E-state index contributed by atoms with van der Waals surface area (Å²) >= 11 is 0. The van der Waals surface area contributed by atoms with Crippen molar-refractivity contribution < 1.29 is 14.3 Å². The molecule has 3 N–H and O–H groups in total. The predicted molar refractivity (Wildman–Crippen MR) is 91.4 cm³/mol. The highest BCUT2D eigenvalue weighted by Crippen LogP contribution is 2.22. The molecule has 0 unspecified atom stereocenters. The Balaban J connectivity index is 2.07. The van der Waals surface area contributed by atoms with Crippen LogP contribution in [0.2, 0.25) is 0 Å². The van der Waals surface area contributed by atoms with Crippen LogP contribution in [0.5, 0.6) is 11.5 Å². The molecule has 0 aliphatic rings. The minimum Gasteiger partial charge on any atom is -0.497 e. The number of aryl methyl sites for hydroxylation is 1. The molecule has 0 aliphatic heterocycles. The molecule has 0 atom stereocenters. The van der Waals surface area contributed by atoms with Gasteiger partial charge in [-0.15, -0.1) is 0 Å². The number of benzene rings is 1. The van der Waals surface area contributed by atoms with E-state index in [1.807, 2.05) is 0 Å². The number of aromatic amines is 2. The van der Waals surface area contributed by atoms with Crippen molar-refractivity contribution in [2.75, 3.05) is 14.2 Å². The van der Waals surface area contributed by atoms with Crippen molar-refractivity contribution in [2.24, 2.45) is 5.10 Å². The quantitative estimate of drug-likeness (QED) is 0.504. The lowest BCUT2D eigenvalue weighted by Gasteiger charge is -2.07. The molecular formula is C16H18N4O5. The standard InChI is InChI=1S/C16H18N4O5/c1-9-12(15(22)19-16(23)18-9)7-14(21)20-17-8-10-4-5-11(24-2)6-13(10)25-3/h4-6,8H,7H2,1-3H3,(H,20,21)(H2,18,19,22,23)/b17-8-. The van der Waals surface area contributed by atoms with Gasteiger partial charge in [-0.05, 0) is 19.1 Å². The second kappa shape index (κ2) is 7.95. The molecule has 0 saturated carbocycles. The monoisotopic (exact) mass is 346 g/mol. The van der Waals surface area contributed by atoms with E-state index in [0.717, 1.165) is 0 Å². The number of hydrogen-bond donors (Lipinski definition) is 3. The van der Waals surface area contributed by atoms with Crippen molar-refractivity contribution >= 4 is 12.1 Å². The van der Waals surface area contributed by atoms with Crippen LogP contribution in [0.3, 0.4) is 0 Å². The fourth-order valence-electron chi connectivity index (χ4n) is 2.14. The highest BCUT2D eigenvalue weighted by molar-refractivity contribution is 5.86. The van der Waals surface area contributed by atoms with E-state index in [1.165, 1.54) is 13.3 Å². The second-order valence-electron chi connectivity index (χ2n) is 5.09. The third-order valence-corrected chi connectivity index (χ3v) is 3.43. The van der Waals surface area contributed by atoms with Gasteiger partial charge < -0.3 is 14.5 Å². The number of ether oxygens (including phenoxy) is 2. The summed E-state index contributed by atoms with van der Waals surface area (Å²) in [5.41, 5.74) is 2.27. The van der Waals surface area contributed by atoms with Crippen molar-refractivity contribution in [3.05, 3.63) is 55.9 Å². The number of nitrogens with one attached hydrogen (secondary N) is 3. The average molecular weight is 346 g/mol. The van der Waals surface area contributed by atoms with Crippen LogP contribution in [-0.2, 0) is 11.2 Å². The fraction of sp³-hybridized carbons (Fsp3) is 0.250. The van der Waals surface area contributed by atoms with Crippen LogP contribution in [0.25, 0.3) is 0 Å². The Kier molecular flexibility index (Phi) is 5.72. The zero-order valence-electron chi connectivity index (χ0n) is 14.0. The third kappa shape index (κ3) is 4.56. The van der Waals surface area contributed by atoms with Gasteiger partial charge in [-0.25, -0.2) is 10.2 Å². The Labute approximate surface area is 142 Å². The van der Waals surface area contributed by atoms with E-state index in [-0.39, 0.29) is 12.0 Å². The number of carbonyl (C=O) groups is 1. The van der Waals surface area contributed by atoms with Gasteiger partial charge in [-0.3, -0.25) is 14.6 Å². The van der Waals surface area contributed by atoms with Gasteiger partial charge in [-0.1, -0.05) is 0 Å². The molecule has 1 amide bonds. The maximum absolute atomic E-state index is 11.9. The van der Waals surface area contributed by atoms with Crippen LogP contribution in [-0.4, -0.2) is 36.3 Å². The molecule has 0 bridgehead atoms.